The zero-order chi connectivity index (χ0) is 23.8. The molecule has 0 aliphatic carbocycles. The number of nitrogens with one attached hydrogen (secondary N) is 1. The van der Waals surface area contributed by atoms with Crippen molar-refractivity contribution in [3.63, 3.8) is 0 Å². The summed E-state index contributed by atoms with van der Waals surface area (Å²) in [5.74, 6) is 2.57. The van der Waals surface area contributed by atoms with Crippen molar-refractivity contribution in [3.05, 3.63) is 65.0 Å². The number of anilines is 1. The van der Waals surface area contributed by atoms with Crippen LogP contribution in [0.3, 0.4) is 0 Å². The second-order valence-corrected chi connectivity index (χ2v) is 8.35. The van der Waals surface area contributed by atoms with E-state index in [4.69, 9.17) is 9.47 Å². The van der Waals surface area contributed by atoms with Gasteiger partial charge in [0.1, 0.15) is 5.76 Å². The van der Waals surface area contributed by atoms with Crippen molar-refractivity contribution in [1.29, 1.82) is 0 Å². The van der Waals surface area contributed by atoms with Gasteiger partial charge in [0.15, 0.2) is 0 Å². The molecule has 180 valence electrons. The molecule has 0 bridgehead atoms. The first-order valence-electron chi connectivity index (χ1n) is 12.2. The lowest BCUT2D eigenvalue weighted by Gasteiger charge is -2.30. The Morgan fingerprint density at radius 3 is 2.41 bits per heavy atom. The Kier molecular flexibility index (Phi) is 14.2. The molecule has 0 amide bonds. The van der Waals surface area contributed by atoms with E-state index < -0.39 is 0 Å². The molecule has 1 aliphatic rings. The van der Waals surface area contributed by atoms with Crippen LogP contribution in [0, 0.1) is 11.8 Å². The van der Waals surface area contributed by atoms with Gasteiger partial charge in [0.2, 0.25) is 0 Å². The van der Waals surface area contributed by atoms with Crippen LogP contribution in [0.25, 0.3) is 12.7 Å². The van der Waals surface area contributed by atoms with Crippen molar-refractivity contribution in [1.82, 2.24) is 0 Å². The van der Waals surface area contributed by atoms with E-state index in [1.54, 1.807) is 6.26 Å². The molecular formula is C29H47NO2. The summed E-state index contributed by atoms with van der Waals surface area (Å²) in [6.45, 7) is 18.4. The average molecular weight is 442 g/mol. The molecule has 0 saturated carbocycles. The van der Waals surface area contributed by atoms with Crippen LogP contribution in [0.1, 0.15) is 67.6 Å². The fourth-order valence-electron chi connectivity index (χ4n) is 4.14. The van der Waals surface area contributed by atoms with Gasteiger partial charge >= 0.3 is 0 Å². The fraction of sp³-hybridized carbons (Fsp3) is 0.517. The molecule has 1 fully saturated rings. The number of hydrogen-bond acceptors (Lipinski definition) is 3. The van der Waals surface area contributed by atoms with E-state index >= 15 is 0 Å². The van der Waals surface area contributed by atoms with Crippen LogP contribution < -0.4 is 15.8 Å². The number of ether oxygens (including phenoxy) is 2. The number of rotatable bonds is 10. The Hall–Kier alpha value is -2.26. The Labute approximate surface area is 198 Å². The van der Waals surface area contributed by atoms with Crippen LogP contribution in [-0.4, -0.2) is 20.3 Å². The van der Waals surface area contributed by atoms with Crippen molar-refractivity contribution in [2.75, 3.05) is 25.6 Å². The lowest BCUT2D eigenvalue weighted by atomic mass is 9.80. The van der Waals surface area contributed by atoms with Crippen LogP contribution in [0.4, 0.5) is 5.69 Å². The molecule has 1 aromatic carbocycles. The highest BCUT2D eigenvalue weighted by molar-refractivity contribution is 5.57. The largest absolute Gasteiger partial charge is 0.465 e. The second-order valence-electron chi connectivity index (χ2n) is 8.35. The van der Waals surface area contributed by atoms with Crippen molar-refractivity contribution in [3.8, 4) is 0 Å². The third-order valence-electron chi connectivity index (χ3n) is 5.98. The molecule has 1 N–H and O–H groups in total. The summed E-state index contributed by atoms with van der Waals surface area (Å²) in [4.78, 5) is 0. The molecule has 0 radical (unpaired) electrons. The normalized spacial score (nSPS) is 15.6. The van der Waals surface area contributed by atoms with E-state index in [0.29, 0.717) is 5.76 Å². The monoisotopic (exact) mass is 441 g/mol. The van der Waals surface area contributed by atoms with E-state index in [1.165, 1.54) is 38.5 Å². The van der Waals surface area contributed by atoms with E-state index in [0.717, 1.165) is 46.7 Å². The van der Waals surface area contributed by atoms with Crippen LogP contribution in [0.2, 0.25) is 0 Å². The van der Waals surface area contributed by atoms with Gasteiger partial charge in [0, 0.05) is 32.9 Å². The molecular weight excluding hydrogens is 394 g/mol. The lowest BCUT2D eigenvalue weighted by Crippen LogP contribution is -2.23. The predicted octanol–water partition coefficient (Wildman–Crippen LogP) is 6.80. The molecule has 0 unspecified atom stereocenters. The molecule has 1 aromatic rings. The molecule has 32 heavy (non-hydrogen) atoms. The minimum absolute atomic E-state index is 0. The van der Waals surface area contributed by atoms with Crippen molar-refractivity contribution in [2.45, 2.75) is 66.2 Å². The quantitative estimate of drug-likeness (QED) is 0.320. The van der Waals surface area contributed by atoms with E-state index in [1.807, 2.05) is 51.3 Å². The summed E-state index contributed by atoms with van der Waals surface area (Å²) in [5.41, 5.74) is 1.99. The van der Waals surface area contributed by atoms with Gasteiger partial charge in [0.25, 0.3) is 0 Å². The van der Waals surface area contributed by atoms with Gasteiger partial charge in [-0.1, -0.05) is 70.9 Å². The van der Waals surface area contributed by atoms with Gasteiger partial charge in [-0.15, -0.1) is 0 Å². The molecule has 1 saturated heterocycles. The molecule has 3 nitrogen and oxygen atoms in total. The minimum atomic E-state index is 0. The van der Waals surface area contributed by atoms with Gasteiger partial charge in [-0.05, 0) is 67.2 Å². The maximum atomic E-state index is 5.41. The highest BCUT2D eigenvalue weighted by atomic mass is 16.5. The fourth-order valence-corrected chi connectivity index (χ4v) is 4.14. The molecule has 0 spiro atoms. The molecule has 1 heterocycles. The topological polar surface area (TPSA) is 30.5 Å². The second kappa shape index (κ2) is 16.4. The van der Waals surface area contributed by atoms with Crippen LogP contribution in [0.15, 0.2) is 54.5 Å². The lowest BCUT2D eigenvalue weighted by molar-refractivity contribution is 0.0429. The Bertz CT molecular complexity index is 832. The third kappa shape index (κ3) is 9.91. The summed E-state index contributed by atoms with van der Waals surface area (Å²) in [6, 6.07) is 6.04. The minimum Gasteiger partial charge on any atom is -0.465 e. The summed E-state index contributed by atoms with van der Waals surface area (Å²) in [7, 11) is 1.90. The van der Waals surface area contributed by atoms with Crippen LogP contribution in [-0.2, 0) is 9.47 Å². The predicted molar refractivity (Wildman–Crippen MR) is 143 cm³/mol. The summed E-state index contributed by atoms with van der Waals surface area (Å²) in [6.07, 6.45) is 15.6. The van der Waals surface area contributed by atoms with Gasteiger partial charge in [-0.25, -0.2) is 0 Å². The van der Waals surface area contributed by atoms with Crippen LogP contribution in [0.5, 0.6) is 0 Å². The summed E-state index contributed by atoms with van der Waals surface area (Å²) in [5, 5.41) is 5.13. The van der Waals surface area contributed by atoms with Crippen molar-refractivity contribution >= 4 is 18.3 Å². The summed E-state index contributed by atoms with van der Waals surface area (Å²) >= 11 is 0. The number of allylic oxidation sites excluding steroid dienone is 3. The maximum absolute atomic E-state index is 5.41. The molecule has 0 aromatic heterocycles. The van der Waals surface area contributed by atoms with Gasteiger partial charge < -0.3 is 14.8 Å². The SMILES string of the molecule is C=C(OC=CC)C(/C=c1/cc(NC)ccc1=C)=C/C.CCCC(CCC)C1CCOCC1.[HH]. The van der Waals surface area contributed by atoms with Crippen LogP contribution >= 0.6 is 0 Å². The van der Waals surface area contributed by atoms with Gasteiger partial charge in [-0.2, -0.15) is 0 Å². The first-order chi connectivity index (χ1) is 15.5. The Morgan fingerprint density at radius 2 is 1.88 bits per heavy atom. The van der Waals surface area contributed by atoms with Gasteiger partial charge in [0.05, 0.1) is 6.26 Å². The maximum Gasteiger partial charge on any atom is 0.126 e. The highest BCUT2D eigenvalue weighted by Gasteiger charge is 2.22. The van der Waals surface area contributed by atoms with Crippen molar-refractivity contribution in [2.24, 2.45) is 11.8 Å². The molecule has 1 aliphatic heterocycles. The highest BCUT2D eigenvalue weighted by Crippen LogP contribution is 2.30. The average Bonchev–Trinajstić information content (AvgIpc) is 2.82. The third-order valence-corrected chi connectivity index (χ3v) is 5.98. The first kappa shape index (κ1) is 27.8. The first-order valence-corrected chi connectivity index (χ1v) is 12.2. The number of benzene rings is 1. The zero-order valence-electron chi connectivity index (χ0n) is 21.1. The Balaban J connectivity index is 0.000000642. The zero-order valence-corrected chi connectivity index (χ0v) is 21.1. The van der Waals surface area contributed by atoms with E-state index in [9.17, 15) is 0 Å². The summed E-state index contributed by atoms with van der Waals surface area (Å²) < 4.78 is 10.8. The smallest absolute Gasteiger partial charge is 0.126 e. The molecule has 3 heteroatoms. The molecule has 0 atom stereocenters. The molecule has 2 rings (SSSR count). The van der Waals surface area contributed by atoms with E-state index in [-0.39, 0.29) is 1.43 Å². The van der Waals surface area contributed by atoms with Crippen molar-refractivity contribution < 1.29 is 10.9 Å². The van der Waals surface area contributed by atoms with E-state index in [2.05, 4.69) is 38.4 Å². The Morgan fingerprint density at radius 1 is 1.22 bits per heavy atom. The van der Waals surface area contributed by atoms with Gasteiger partial charge in [-0.3, -0.25) is 0 Å². The standard InChI is InChI=1S/C17H21NO.C12H24O.H2/c1-6-10-19-14(4)15(7-2)11-16-12-17(18-5)9-8-13(16)3;1-3-5-11(6-4-2)12-7-9-13-10-8-12;/h6-12,18H,3-4H2,1-2,5H3;11-12H,3-10H2,1-2H3;1H/b10-6?,15-7+,16-11-;;. The number of hydrogen-bond donors (Lipinski definition) is 1.